The van der Waals surface area contributed by atoms with Crippen molar-refractivity contribution < 1.29 is 9.18 Å². The van der Waals surface area contributed by atoms with E-state index in [0.717, 1.165) is 54.3 Å². The van der Waals surface area contributed by atoms with Crippen LogP contribution in [0.2, 0.25) is 5.02 Å². The molecule has 3 aromatic carbocycles. The van der Waals surface area contributed by atoms with Crippen LogP contribution in [0.5, 0.6) is 0 Å². The van der Waals surface area contributed by atoms with Crippen LogP contribution in [-0.4, -0.2) is 64.6 Å². The van der Waals surface area contributed by atoms with Gasteiger partial charge in [0.25, 0.3) is 5.91 Å². The van der Waals surface area contributed by atoms with Crippen molar-refractivity contribution in [3.05, 3.63) is 106 Å². The predicted octanol–water partition coefficient (Wildman–Crippen LogP) is 6.05. The van der Waals surface area contributed by atoms with Gasteiger partial charge in [0.15, 0.2) is 0 Å². The Bertz CT molecular complexity index is 1580. The van der Waals surface area contributed by atoms with E-state index in [1.807, 2.05) is 53.4 Å². The lowest BCUT2D eigenvalue weighted by atomic mass is 9.95. The molecule has 9 heteroatoms. The number of nitrogens with zero attached hydrogens (tertiary/aromatic N) is 5. The lowest BCUT2D eigenvalue weighted by Gasteiger charge is -2.32. The molecule has 0 radical (unpaired) electrons. The number of aliphatic imine (C=N–C) groups is 1. The predicted molar refractivity (Wildman–Crippen MR) is 158 cm³/mol. The summed E-state index contributed by atoms with van der Waals surface area (Å²) in [5, 5.41) is 3.81. The molecule has 0 atom stereocenters. The molecule has 6 rings (SSSR count). The minimum Gasteiger partial charge on any atom is -0.336 e. The van der Waals surface area contributed by atoms with Gasteiger partial charge in [0, 0.05) is 70.9 Å². The minimum atomic E-state index is -0.330. The molecule has 1 amide bonds. The van der Waals surface area contributed by atoms with Crippen molar-refractivity contribution >= 4 is 34.9 Å². The van der Waals surface area contributed by atoms with Gasteiger partial charge in [-0.15, -0.1) is 0 Å². The molecule has 2 aliphatic rings. The van der Waals surface area contributed by atoms with Gasteiger partial charge in [-0.05, 0) is 55.6 Å². The Labute approximate surface area is 238 Å². The quantitative estimate of drug-likeness (QED) is 0.331. The number of carbonyl (C=O) groups is 1. The first-order valence-corrected chi connectivity index (χ1v) is 13.1. The molecule has 3 heterocycles. The fraction of sp³-hybridized carbons (Fsp3) is 0.226. The molecule has 0 spiro atoms. The Balaban J connectivity index is 0.00000323. The molecule has 0 unspecified atom stereocenters. The number of benzene rings is 3. The third kappa shape index (κ3) is 5.59. The van der Waals surface area contributed by atoms with E-state index >= 15 is 0 Å². The van der Waals surface area contributed by atoms with E-state index in [9.17, 15) is 9.18 Å². The fourth-order valence-corrected chi connectivity index (χ4v) is 5.06. The van der Waals surface area contributed by atoms with E-state index in [1.165, 1.54) is 12.1 Å². The Kier molecular flexibility index (Phi) is 7.91. The highest BCUT2D eigenvalue weighted by molar-refractivity contribution is 6.31. The van der Waals surface area contributed by atoms with Crippen molar-refractivity contribution in [2.75, 3.05) is 38.5 Å². The first kappa shape index (κ1) is 27.4. The standard InChI is InChI=1S/C30H26ClFN6O.CH4/c1-37-11-13-38(14-12-37)29(39)19-5-8-24(9-6-19)35-30-34-18-21-17-33-27(20-3-2-4-23(32)15-20)26-16-22(31)7-10-25(26)28(21)36-30;/h2-10,15-16,18H,11-14,17H2,1H3,(H,34,35,36);1H4. The van der Waals surface area contributed by atoms with Crippen molar-refractivity contribution in [3.63, 3.8) is 0 Å². The second-order valence-electron chi connectivity index (χ2n) is 9.73. The van der Waals surface area contributed by atoms with E-state index in [2.05, 4.69) is 22.2 Å². The van der Waals surface area contributed by atoms with Gasteiger partial charge in [-0.3, -0.25) is 9.79 Å². The molecule has 4 aromatic rings. The molecule has 2 aliphatic heterocycles. The topological polar surface area (TPSA) is 73.7 Å². The summed E-state index contributed by atoms with van der Waals surface area (Å²) in [7, 11) is 2.07. The number of anilines is 2. The molecule has 1 N–H and O–H groups in total. The summed E-state index contributed by atoms with van der Waals surface area (Å²) >= 11 is 6.37. The van der Waals surface area contributed by atoms with Gasteiger partial charge in [0.2, 0.25) is 5.95 Å². The molecular formula is C31H30ClFN6O. The number of rotatable bonds is 4. The largest absolute Gasteiger partial charge is 0.336 e. The maximum absolute atomic E-state index is 14.0. The van der Waals surface area contributed by atoms with Gasteiger partial charge >= 0.3 is 0 Å². The van der Waals surface area contributed by atoms with Crippen molar-refractivity contribution in [3.8, 4) is 11.3 Å². The average Bonchev–Trinajstić information content (AvgIpc) is 3.10. The van der Waals surface area contributed by atoms with Gasteiger partial charge in [0.05, 0.1) is 18.0 Å². The summed E-state index contributed by atoms with van der Waals surface area (Å²) < 4.78 is 14.0. The van der Waals surface area contributed by atoms with Crippen LogP contribution >= 0.6 is 11.6 Å². The van der Waals surface area contributed by atoms with E-state index < -0.39 is 0 Å². The Hall–Kier alpha value is -4.14. The smallest absolute Gasteiger partial charge is 0.253 e. The van der Waals surface area contributed by atoms with Gasteiger partial charge in [-0.2, -0.15) is 0 Å². The van der Waals surface area contributed by atoms with Crippen LogP contribution in [0.4, 0.5) is 16.0 Å². The first-order valence-electron chi connectivity index (χ1n) is 12.8. The number of hydrogen-bond acceptors (Lipinski definition) is 6. The molecular weight excluding hydrogens is 527 g/mol. The van der Waals surface area contributed by atoms with Crippen molar-refractivity contribution in [1.29, 1.82) is 0 Å². The normalized spacial score (nSPS) is 14.8. The Morgan fingerprint density at radius 1 is 0.975 bits per heavy atom. The number of piperazine rings is 1. The van der Waals surface area contributed by atoms with Crippen LogP contribution in [0.3, 0.4) is 0 Å². The summed E-state index contributed by atoms with van der Waals surface area (Å²) in [6.45, 7) is 3.57. The number of hydrogen-bond donors (Lipinski definition) is 1. The summed E-state index contributed by atoms with van der Waals surface area (Å²) in [6.07, 6.45) is 1.76. The van der Waals surface area contributed by atoms with E-state index in [0.29, 0.717) is 34.4 Å². The van der Waals surface area contributed by atoms with Gasteiger partial charge < -0.3 is 15.1 Å². The monoisotopic (exact) mass is 556 g/mol. The minimum absolute atomic E-state index is 0. The summed E-state index contributed by atoms with van der Waals surface area (Å²) in [5.74, 6) is 0.130. The van der Waals surface area contributed by atoms with Crippen LogP contribution < -0.4 is 5.32 Å². The highest BCUT2D eigenvalue weighted by atomic mass is 35.5. The first-order chi connectivity index (χ1) is 18.9. The maximum Gasteiger partial charge on any atom is 0.253 e. The zero-order chi connectivity index (χ0) is 26.9. The Morgan fingerprint density at radius 2 is 1.75 bits per heavy atom. The van der Waals surface area contributed by atoms with Gasteiger partial charge in [-0.1, -0.05) is 37.2 Å². The van der Waals surface area contributed by atoms with Crippen LogP contribution in [0.15, 0.2) is 77.9 Å². The Morgan fingerprint density at radius 3 is 2.50 bits per heavy atom. The summed E-state index contributed by atoms with van der Waals surface area (Å²) in [6, 6.07) is 19.3. The third-order valence-corrected chi connectivity index (χ3v) is 7.28. The fourth-order valence-electron chi connectivity index (χ4n) is 4.88. The third-order valence-electron chi connectivity index (χ3n) is 7.04. The second-order valence-corrected chi connectivity index (χ2v) is 10.2. The molecule has 0 bridgehead atoms. The van der Waals surface area contributed by atoms with Crippen molar-refractivity contribution in [2.24, 2.45) is 4.99 Å². The van der Waals surface area contributed by atoms with Crippen molar-refractivity contribution in [1.82, 2.24) is 19.8 Å². The average molecular weight is 557 g/mol. The molecule has 1 fully saturated rings. The second kappa shape index (κ2) is 11.5. The molecule has 40 heavy (non-hydrogen) atoms. The van der Waals surface area contributed by atoms with Gasteiger partial charge in [-0.25, -0.2) is 14.4 Å². The van der Waals surface area contributed by atoms with Crippen LogP contribution in [0.1, 0.15) is 34.5 Å². The lowest BCUT2D eigenvalue weighted by molar-refractivity contribution is 0.0664. The number of carbonyl (C=O) groups excluding carboxylic acids is 1. The van der Waals surface area contributed by atoms with Gasteiger partial charge in [0.1, 0.15) is 5.82 Å². The number of amides is 1. The van der Waals surface area contributed by atoms with Crippen LogP contribution in [0, 0.1) is 5.82 Å². The highest BCUT2D eigenvalue weighted by Gasteiger charge is 2.23. The van der Waals surface area contributed by atoms with E-state index in [4.69, 9.17) is 21.6 Å². The maximum atomic E-state index is 14.0. The number of halogens is 2. The summed E-state index contributed by atoms with van der Waals surface area (Å²) in [4.78, 5) is 31.1. The van der Waals surface area contributed by atoms with Crippen LogP contribution in [0.25, 0.3) is 11.3 Å². The van der Waals surface area contributed by atoms with Crippen molar-refractivity contribution in [2.45, 2.75) is 14.0 Å². The number of fused-ring (bicyclic) bond motifs is 3. The zero-order valence-corrected chi connectivity index (χ0v) is 22.1. The zero-order valence-electron chi connectivity index (χ0n) is 21.4. The van der Waals surface area contributed by atoms with E-state index in [1.54, 1.807) is 12.3 Å². The molecule has 1 aromatic heterocycles. The summed E-state index contributed by atoms with van der Waals surface area (Å²) in [5.41, 5.74) is 5.95. The highest BCUT2D eigenvalue weighted by Crippen LogP contribution is 2.34. The molecule has 204 valence electrons. The van der Waals surface area contributed by atoms with E-state index in [-0.39, 0.29) is 19.2 Å². The molecule has 0 saturated carbocycles. The molecule has 0 aliphatic carbocycles. The molecule has 7 nitrogen and oxygen atoms in total. The SMILES string of the molecule is C.CN1CCN(C(=O)c2ccc(Nc3ncc4c(n3)-c3ccc(Cl)cc3C(c3cccc(F)c3)=NC4)cc2)CC1. The lowest BCUT2D eigenvalue weighted by Crippen LogP contribution is -2.47. The van der Waals surface area contributed by atoms with Crippen LogP contribution in [-0.2, 0) is 6.54 Å². The number of aromatic nitrogens is 2. The molecule has 1 saturated heterocycles. The number of nitrogens with one attached hydrogen (secondary N) is 1. The number of likely N-dealkylation sites (N-methyl/N-ethyl adjacent to an activating group) is 1.